The van der Waals surface area contributed by atoms with Gasteiger partial charge in [0.05, 0.1) is 33.9 Å². The molecule has 0 rings (SSSR count). The summed E-state index contributed by atoms with van der Waals surface area (Å²) in [5.41, 5.74) is 0. The maximum Gasteiger partial charge on any atom is 0.306 e. The number of aliphatic hydroxyl groups excluding tert-OH is 1. The lowest BCUT2D eigenvalue weighted by Crippen LogP contribution is -2.37. The third-order valence-corrected chi connectivity index (χ3v) is 9.63. The van der Waals surface area contributed by atoms with Crippen LogP contribution in [-0.2, 0) is 32.7 Å². The van der Waals surface area contributed by atoms with Gasteiger partial charge in [-0.2, -0.15) is 0 Å². The Hall–Kier alpha value is -3.11. The van der Waals surface area contributed by atoms with Crippen LogP contribution in [0.25, 0.3) is 0 Å². The summed E-state index contributed by atoms with van der Waals surface area (Å²) in [6.07, 6.45) is 47.5. The molecule has 11 heteroatoms. The molecule has 10 nitrogen and oxygen atoms in total. The summed E-state index contributed by atoms with van der Waals surface area (Å²) in [6, 6.07) is 0. The number of ether oxygens (including phenoxy) is 2. The van der Waals surface area contributed by atoms with E-state index in [1.807, 2.05) is 57.6 Å². The van der Waals surface area contributed by atoms with Gasteiger partial charge < -0.3 is 33.0 Å². The molecule has 59 heavy (non-hydrogen) atoms. The molecule has 0 fully saturated rings. The first kappa shape index (κ1) is 55.9. The Labute approximate surface area is 358 Å². The van der Waals surface area contributed by atoms with Crippen molar-refractivity contribution in [1.82, 2.24) is 0 Å². The lowest BCUT2D eigenvalue weighted by atomic mass is 10.1. The van der Waals surface area contributed by atoms with E-state index in [0.717, 1.165) is 57.8 Å². The number of hydrogen-bond donors (Lipinski definition) is 1. The number of likely N-dealkylation sites (N-methyl/N-ethyl adjacent to an activating group) is 1. The molecule has 3 atom stereocenters. The SMILES string of the molecule is CC/C=C\C/C=C\C/C=C\C/C=C\CCCCCCC(=O)OC[C@H](COP(=O)([O-])OCC[N+](C)(C)C)OC(=O)CCC/C=C/C/C=C\C[C@@H](O)/C=C\C=C/CCCCC. The van der Waals surface area contributed by atoms with Crippen molar-refractivity contribution in [1.29, 1.82) is 0 Å². The van der Waals surface area contributed by atoms with Gasteiger partial charge >= 0.3 is 11.9 Å². The Kier molecular flexibility index (Phi) is 37.0. The second-order valence-corrected chi connectivity index (χ2v) is 16.9. The predicted octanol–water partition coefficient (Wildman–Crippen LogP) is 10.9. The first-order valence-electron chi connectivity index (χ1n) is 22.1. The number of esters is 2. The van der Waals surface area contributed by atoms with Gasteiger partial charge in [-0.3, -0.25) is 14.2 Å². The minimum Gasteiger partial charge on any atom is -0.756 e. The molecule has 1 N–H and O–H groups in total. The normalized spacial score (nSPS) is 15.0. The van der Waals surface area contributed by atoms with Gasteiger partial charge in [-0.05, 0) is 83.5 Å². The molecule has 0 bridgehead atoms. The minimum absolute atomic E-state index is 0.0626. The van der Waals surface area contributed by atoms with Crippen LogP contribution >= 0.6 is 7.82 Å². The van der Waals surface area contributed by atoms with E-state index in [0.29, 0.717) is 43.1 Å². The number of quaternary nitrogens is 1. The summed E-state index contributed by atoms with van der Waals surface area (Å²) in [5, 5.41) is 10.1. The first-order chi connectivity index (χ1) is 28.4. The Balaban J connectivity index is 4.58. The van der Waals surface area contributed by atoms with Crippen molar-refractivity contribution in [3.8, 4) is 0 Å². The number of carbonyl (C=O) groups is 2. The fourth-order valence-corrected chi connectivity index (χ4v) is 5.92. The Morgan fingerprint density at radius 3 is 1.85 bits per heavy atom. The van der Waals surface area contributed by atoms with Crippen molar-refractivity contribution in [2.75, 3.05) is 47.5 Å². The van der Waals surface area contributed by atoms with Gasteiger partial charge in [-0.25, -0.2) is 0 Å². The summed E-state index contributed by atoms with van der Waals surface area (Å²) in [7, 11) is 1.06. The molecule has 0 radical (unpaired) electrons. The van der Waals surface area contributed by atoms with Crippen LogP contribution in [0.5, 0.6) is 0 Å². The second-order valence-electron chi connectivity index (χ2n) is 15.5. The molecule has 1 unspecified atom stereocenters. The van der Waals surface area contributed by atoms with Crippen LogP contribution < -0.4 is 4.89 Å². The minimum atomic E-state index is -4.67. The number of nitrogens with zero attached hydrogens (tertiary/aromatic N) is 1. The molecular formula is C48H80NO9P. The average Bonchev–Trinajstić information content (AvgIpc) is 3.18. The molecule has 0 saturated heterocycles. The molecule has 0 aliphatic heterocycles. The van der Waals surface area contributed by atoms with Gasteiger partial charge in [0, 0.05) is 12.8 Å². The summed E-state index contributed by atoms with van der Waals surface area (Å²) in [5.74, 6) is -0.981. The summed E-state index contributed by atoms with van der Waals surface area (Å²) in [4.78, 5) is 37.5. The number of aliphatic hydroxyl groups is 1. The van der Waals surface area contributed by atoms with E-state index in [-0.39, 0.29) is 26.1 Å². The molecule has 0 aliphatic carbocycles. The zero-order valence-corrected chi connectivity index (χ0v) is 38.2. The van der Waals surface area contributed by atoms with Gasteiger partial charge in [-0.1, -0.05) is 137 Å². The molecular weight excluding hydrogens is 765 g/mol. The number of carbonyl (C=O) groups excluding carboxylic acids is 2. The topological polar surface area (TPSA) is 131 Å². The summed E-state index contributed by atoms with van der Waals surface area (Å²) >= 11 is 0. The van der Waals surface area contributed by atoms with Crippen LogP contribution in [0.4, 0.5) is 0 Å². The monoisotopic (exact) mass is 846 g/mol. The zero-order valence-electron chi connectivity index (χ0n) is 37.3. The van der Waals surface area contributed by atoms with Crippen molar-refractivity contribution in [3.63, 3.8) is 0 Å². The molecule has 0 amide bonds. The lowest BCUT2D eigenvalue weighted by molar-refractivity contribution is -0.870. The van der Waals surface area contributed by atoms with Crippen LogP contribution in [0.1, 0.15) is 136 Å². The zero-order chi connectivity index (χ0) is 43.7. The highest BCUT2D eigenvalue weighted by atomic mass is 31.2. The number of phosphoric ester groups is 1. The smallest absolute Gasteiger partial charge is 0.306 e. The molecule has 0 aromatic heterocycles. The van der Waals surface area contributed by atoms with Gasteiger partial charge in [0.2, 0.25) is 0 Å². The Bertz CT molecular complexity index is 1340. The van der Waals surface area contributed by atoms with Crippen molar-refractivity contribution >= 4 is 19.8 Å². The van der Waals surface area contributed by atoms with Crippen molar-refractivity contribution in [2.24, 2.45) is 0 Å². The number of unbranched alkanes of at least 4 members (excludes halogenated alkanes) is 8. The molecule has 0 aromatic rings. The fourth-order valence-electron chi connectivity index (χ4n) is 5.19. The number of rotatable bonds is 38. The molecule has 0 aromatic carbocycles. The van der Waals surface area contributed by atoms with E-state index in [4.69, 9.17) is 18.5 Å². The van der Waals surface area contributed by atoms with Gasteiger partial charge in [-0.15, -0.1) is 0 Å². The molecule has 0 aliphatic rings. The maximum atomic E-state index is 12.7. The molecule has 0 heterocycles. The van der Waals surface area contributed by atoms with Crippen LogP contribution in [0.2, 0.25) is 0 Å². The third kappa shape index (κ3) is 42.8. The highest BCUT2D eigenvalue weighted by Crippen LogP contribution is 2.38. The van der Waals surface area contributed by atoms with Crippen molar-refractivity contribution < 1.29 is 47.2 Å². The molecule has 0 spiro atoms. The standard InChI is InChI=1S/C48H80NO9P/c1-6-8-10-12-14-15-16-17-18-19-20-21-22-23-27-31-35-39-47(51)55-43-46(44-57-59(53,54)56-42-41-49(3,4)5)58-48(52)40-36-32-28-24-26-30-34-38-45(50)37-33-29-25-13-11-9-7-2/h8,10,14-15,17-18,20-21,24-25,28-30,33-34,37,45-46,50H,6-7,9,11-13,16,19,22-23,26-27,31-32,35-36,38-44H2,1-5H3/b10-8-,15-14-,18-17-,21-20-,28-24+,29-25-,34-30-,37-33-/t45-,46+/m0/s1. The van der Waals surface area contributed by atoms with Crippen molar-refractivity contribution in [3.05, 3.63) is 97.2 Å². The number of allylic oxidation sites excluding steroid dienone is 14. The Morgan fingerprint density at radius 2 is 1.20 bits per heavy atom. The van der Waals surface area contributed by atoms with Gasteiger partial charge in [0.25, 0.3) is 7.82 Å². The second kappa shape index (κ2) is 39.1. The predicted molar refractivity (Wildman–Crippen MR) is 241 cm³/mol. The average molecular weight is 846 g/mol. The van der Waals surface area contributed by atoms with Gasteiger partial charge in [0.15, 0.2) is 6.10 Å². The highest BCUT2D eigenvalue weighted by molar-refractivity contribution is 7.45. The summed E-state index contributed by atoms with van der Waals surface area (Å²) < 4.78 is 33.8. The van der Waals surface area contributed by atoms with Crippen LogP contribution in [0.3, 0.4) is 0 Å². The lowest BCUT2D eigenvalue weighted by Gasteiger charge is -2.28. The largest absolute Gasteiger partial charge is 0.756 e. The number of hydrogen-bond acceptors (Lipinski definition) is 9. The van der Waals surface area contributed by atoms with Crippen LogP contribution in [-0.4, -0.2) is 81.2 Å². The van der Waals surface area contributed by atoms with Crippen molar-refractivity contribution in [2.45, 2.75) is 148 Å². The first-order valence-corrected chi connectivity index (χ1v) is 23.5. The van der Waals surface area contributed by atoms with E-state index >= 15 is 0 Å². The van der Waals surface area contributed by atoms with E-state index in [1.54, 1.807) is 6.08 Å². The third-order valence-electron chi connectivity index (χ3n) is 8.67. The van der Waals surface area contributed by atoms with E-state index in [2.05, 4.69) is 68.5 Å². The molecule has 336 valence electrons. The van der Waals surface area contributed by atoms with Crippen LogP contribution in [0, 0.1) is 0 Å². The highest BCUT2D eigenvalue weighted by Gasteiger charge is 2.21. The summed E-state index contributed by atoms with van der Waals surface area (Å²) in [6.45, 7) is 3.86. The number of phosphoric acid groups is 1. The quantitative estimate of drug-likeness (QED) is 0.0161. The van der Waals surface area contributed by atoms with Crippen LogP contribution in [0.15, 0.2) is 97.2 Å². The Morgan fingerprint density at radius 1 is 0.644 bits per heavy atom. The maximum absolute atomic E-state index is 12.7. The molecule has 0 saturated carbocycles. The van der Waals surface area contributed by atoms with E-state index in [1.165, 1.54) is 19.3 Å². The van der Waals surface area contributed by atoms with E-state index in [9.17, 15) is 24.2 Å². The van der Waals surface area contributed by atoms with Gasteiger partial charge in [0.1, 0.15) is 19.8 Å². The van der Waals surface area contributed by atoms with E-state index < -0.39 is 38.6 Å². The fraction of sp³-hybridized carbons (Fsp3) is 0.625.